The summed E-state index contributed by atoms with van der Waals surface area (Å²) in [6, 6.07) is 15.2. The smallest absolute Gasteiger partial charge is 0.335 e. The molecule has 4 aromatic rings. The van der Waals surface area contributed by atoms with Crippen LogP contribution in [0.15, 0.2) is 66.2 Å². The lowest BCUT2D eigenvalue weighted by molar-refractivity contribution is -0.132. The average Bonchev–Trinajstić information content (AvgIpc) is 3.49. The van der Waals surface area contributed by atoms with Gasteiger partial charge in [0, 0.05) is 5.56 Å². The number of aliphatic hydroxyl groups is 1. The summed E-state index contributed by atoms with van der Waals surface area (Å²) in [6.45, 7) is 6.45. The number of aliphatic hydroxyl groups excluding tert-OH is 1. The minimum atomic E-state index is -1.11. The fourth-order valence-electron chi connectivity index (χ4n) is 4.77. The number of aromatic nitrogens is 2. The summed E-state index contributed by atoms with van der Waals surface area (Å²) in [5.74, 6) is -1.62. The first kappa shape index (κ1) is 27.4. The van der Waals surface area contributed by atoms with Crippen LogP contribution in [0.2, 0.25) is 0 Å². The Balaban J connectivity index is 1.64. The zero-order valence-corrected chi connectivity index (χ0v) is 23.0. The number of amides is 1. The predicted molar refractivity (Wildman–Crippen MR) is 152 cm³/mol. The second-order valence-corrected chi connectivity index (χ2v) is 10.2. The van der Waals surface area contributed by atoms with Crippen molar-refractivity contribution < 1.29 is 34.1 Å². The van der Waals surface area contributed by atoms with Gasteiger partial charge < -0.3 is 24.7 Å². The number of imidazole rings is 1. The van der Waals surface area contributed by atoms with Crippen LogP contribution >= 0.6 is 0 Å². The average molecular weight is 556 g/mol. The molecule has 1 atom stereocenters. The molecule has 1 saturated heterocycles. The summed E-state index contributed by atoms with van der Waals surface area (Å²) in [5, 5.41) is 20.9. The molecule has 0 saturated carbocycles. The number of rotatable bonds is 8. The molecule has 1 amide bonds. The van der Waals surface area contributed by atoms with Crippen LogP contribution in [-0.2, 0) is 9.59 Å². The van der Waals surface area contributed by atoms with Crippen LogP contribution in [0.5, 0.6) is 11.5 Å². The van der Waals surface area contributed by atoms with Crippen molar-refractivity contribution in [2.24, 2.45) is 5.92 Å². The van der Waals surface area contributed by atoms with Crippen LogP contribution in [0.25, 0.3) is 16.8 Å². The number of carboxylic acids is 1. The zero-order chi connectivity index (χ0) is 29.4. The van der Waals surface area contributed by atoms with Gasteiger partial charge in [0.05, 0.1) is 41.9 Å². The summed E-state index contributed by atoms with van der Waals surface area (Å²) in [6.07, 6.45) is 0. The van der Waals surface area contributed by atoms with E-state index in [1.165, 1.54) is 30.2 Å². The van der Waals surface area contributed by atoms with Crippen LogP contribution in [0.4, 0.5) is 5.95 Å². The number of ketones is 1. The van der Waals surface area contributed by atoms with Gasteiger partial charge in [-0.15, -0.1) is 0 Å². The van der Waals surface area contributed by atoms with Crippen LogP contribution in [0, 0.1) is 12.8 Å². The van der Waals surface area contributed by atoms with Crippen molar-refractivity contribution in [2.75, 3.05) is 18.6 Å². The topological polar surface area (TPSA) is 142 Å². The molecule has 10 nitrogen and oxygen atoms in total. The molecule has 0 aliphatic carbocycles. The summed E-state index contributed by atoms with van der Waals surface area (Å²) in [4.78, 5) is 47.1. The van der Waals surface area contributed by atoms with Gasteiger partial charge in [-0.05, 0) is 72.5 Å². The van der Waals surface area contributed by atoms with Gasteiger partial charge in [-0.1, -0.05) is 26.0 Å². The largest absolute Gasteiger partial charge is 0.507 e. The molecule has 3 N–H and O–H groups in total. The number of aryl methyl sites for hydroxylation is 1. The third-order valence-electron chi connectivity index (χ3n) is 6.84. The number of Topliss-reactive ketones (excluding diaryl/α,β-unsaturated/α-hetero) is 1. The van der Waals surface area contributed by atoms with Gasteiger partial charge in [0.15, 0.2) is 0 Å². The number of benzene rings is 3. The van der Waals surface area contributed by atoms with Crippen molar-refractivity contribution in [3.63, 3.8) is 0 Å². The number of aromatic amines is 1. The van der Waals surface area contributed by atoms with E-state index in [4.69, 9.17) is 9.47 Å². The Bertz CT molecular complexity index is 1700. The molecular weight excluding hydrogens is 526 g/mol. The lowest BCUT2D eigenvalue weighted by atomic mass is 9.95. The van der Waals surface area contributed by atoms with E-state index in [0.717, 1.165) is 5.56 Å². The lowest BCUT2D eigenvalue weighted by Gasteiger charge is -2.23. The first-order valence-corrected chi connectivity index (χ1v) is 13.0. The number of H-pyrrole nitrogens is 1. The Hall–Kier alpha value is -5.12. The summed E-state index contributed by atoms with van der Waals surface area (Å²) in [5.41, 5.74) is 2.37. The van der Waals surface area contributed by atoms with Crippen molar-refractivity contribution in [1.82, 2.24) is 9.97 Å². The van der Waals surface area contributed by atoms with E-state index in [1.54, 1.807) is 42.5 Å². The van der Waals surface area contributed by atoms with E-state index in [2.05, 4.69) is 9.97 Å². The van der Waals surface area contributed by atoms with E-state index in [-0.39, 0.29) is 22.8 Å². The fraction of sp³-hybridized carbons (Fsp3) is 0.226. The second-order valence-electron chi connectivity index (χ2n) is 10.2. The summed E-state index contributed by atoms with van der Waals surface area (Å²) >= 11 is 0. The van der Waals surface area contributed by atoms with E-state index < -0.39 is 23.7 Å². The minimum absolute atomic E-state index is 0.0395. The number of anilines is 1. The van der Waals surface area contributed by atoms with Gasteiger partial charge in [0.1, 0.15) is 17.3 Å². The highest BCUT2D eigenvalue weighted by Crippen LogP contribution is 2.42. The first-order chi connectivity index (χ1) is 19.6. The van der Waals surface area contributed by atoms with Crippen molar-refractivity contribution in [3.05, 3.63) is 88.5 Å². The van der Waals surface area contributed by atoms with Gasteiger partial charge in [-0.25, -0.2) is 9.78 Å². The maximum Gasteiger partial charge on any atom is 0.335 e. The predicted octanol–water partition coefficient (Wildman–Crippen LogP) is 5.24. The first-order valence-electron chi connectivity index (χ1n) is 13.0. The monoisotopic (exact) mass is 555 g/mol. The van der Waals surface area contributed by atoms with Gasteiger partial charge in [-0.2, -0.15) is 0 Å². The zero-order valence-electron chi connectivity index (χ0n) is 23.0. The molecule has 210 valence electrons. The summed E-state index contributed by atoms with van der Waals surface area (Å²) in [7, 11) is 1.53. The molecular formula is C31H29N3O7. The third kappa shape index (κ3) is 5.11. The molecule has 0 spiro atoms. The van der Waals surface area contributed by atoms with Crippen LogP contribution < -0.4 is 14.4 Å². The highest BCUT2D eigenvalue weighted by Gasteiger charge is 2.48. The Morgan fingerprint density at radius 1 is 1.02 bits per heavy atom. The quantitative estimate of drug-likeness (QED) is 0.152. The molecule has 10 heteroatoms. The number of ether oxygens (including phenoxy) is 2. The van der Waals surface area contributed by atoms with E-state index in [1.807, 2.05) is 20.8 Å². The van der Waals surface area contributed by atoms with Crippen molar-refractivity contribution in [1.29, 1.82) is 0 Å². The highest BCUT2D eigenvalue weighted by molar-refractivity contribution is 6.51. The Morgan fingerprint density at radius 3 is 2.37 bits per heavy atom. The number of methoxy groups -OCH3 is 1. The molecule has 2 heterocycles. The number of carbonyl (C=O) groups is 3. The molecule has 3 aromatic carbocycles. The molecule has 1 aliphatic rings. The number of aromatic carboxylic acids is 1. The number of fused-ring (bicyclic) bond motifs is 1. The van der Waals surface area contributed by atoms with E-state index in [0.29, 0.717) is 46.2 Å². The van der Waals surface area contributed by atoms with E-state index >= 15 is 0 Å². The molecule has 5 rings (SSSR count). The number of carboxylic acid groups (broad SMARTS) is 1. The third-order valence-corrected chi connectivity index (χ3v) is 6.84. The van der Waals surface area contributed by atoms with Crippen LogP contribution in [0.1, 0.15) is 46.9 Å². The molecule has 41 heavy (non-hydrogen) atoms. The molecule has 1 fully saturated rings. The second kappa shape index (κ2) is 10.8. The van der Waals surface area contributed by atoms with Crippen LogP contribution in [0.3, 0.4) is 0 Å². The standard InChI is InChI=1S/C31H29N3O7/c1-16(2)15-41-24-12-8-19(13-17(24)3)27(35)25-26(18-5-9-21(40-4)10-6-18)34(29(37)28(25)36)31-32-22-11-7-20(30(38)39)14-23(22)33-31/h5-14,16,26,35H,15H2,1-4H3,(H,32,33)(H,38,39)/b27-25+. The fourth-order valence-corrected chi connectivity index (χ4v) is 4.77. The van der Waals surface area contributed by atoms with Gasteiger partial charge in [0.25, 0.3) is 5.78 Å². The Morgan fingerprint density at radius 2 is 1.73 bits per heavy atom. The van der Waals surface area contributed by atoms with Crippen molar-refractivity contribution in [3.8, 4) is 11.5 Å². The number of nitrogens with zero attached hydrogens (tertiary/aromatic N) is 2. The molecule has 1 unspecified atom stereocenters. The Kier molecular flexibility index (Phi) is 7.23. The number of hydrogen-bond donors (Lipinski definition) is 3. The molecule has 0 radical (unpaired) electrons. The normalized spacial score (nSPS) is 16.5. The van der Waals surface area contributed by atoms with Gasteiger partial charge in [-0.3, -0.25) is 14.5 Å². The van der Waals surface area contributed by atoms with E-state index in [9.17, 15) is 24.6 Å². The van der Waals surface area contributed by atoms with Gasteiger partial charge >= 0.3 is 11.9 Å². The molecule has 1 aliphatic heterocycles. The summed E-state index contributed by atoms with van der Waals surface area (Å²) < 4.78 is 11.1. The lowest BCUT2D eigenvalue weighted by Crippen LogP contribution is -2.30. The minimum Gasteiger partial charge on any atom is -0.507 e. The highest BCUT2D eigenvalue weighted by atomic mass is 16.5. The van der Waals surface area contributed by atoms with Crippen molar-refractivity contribution >= 4 is 40.4 Å². The Labute approximate surface area is 235 Å². The van der Waals surface area contributed by atoms with Gasteiger partial charge in [0.2, 0.25) is 5.95 Å². The maximum atomic E-state index is 13.5. The number of hydrogen-bond acceptors (Lipinski definition) is 7. The van der Waals surface area contributed by atoms with Crippen molar-refractivity contribution in [2.45, 2.75) is 26.8 Å². The SMILES string of the molecule is COc1ccc(C2/C(=C(\O)c3ccc(OCC(C)C)c(C)c3)C(=O)C(=O)N2c2nc3ccc(C(=O)O)cc3[nH]2)cc1. The number of carbonyl (C=O) groups excluding carboxylic acids is 2. The number of nitrogens with one attached hydrogen (secondary N) is 1. The molecule has 0 bridgehead atoms. The van der Waals surface area contributed by atoms with Crippen LogP contribution in [-0.4, -0.2) is 51.6 Å². The maximum absolute atomic E-state index is 13.5. The molecule has 1 aromatic heterocycles.